The second-order valence-corrected chi connectivity index (χ2v) is 9.01. The summed E-state index contributed by atoms with van der Waals surface area (Å²) in [6.45, 7) is 0. The maximum absolute atomic E-state index is 13.6. The lowest BCUT2D eigenvalue weighted by Crippen LogP contribution is -2.44. The number of alkyl halides is 3. The number of benzene rings is 1. The normalized spacial score (nSPS) is 17.3. The first-order valence-corrected chi connectivity index (χ1v) is 10.4. The van der Waals surface area contributed by atoms with Crippen LogP contribution in [0.1, 0.15) is 18.7 Å². The van der Waals surface area contributed by atoms with E-state index in [1.165, 1.54) is 0 Å². The van der Waals surface area contributed by atoms with Gasteiger partial charge in [-0.25, -0.2) is 9.19 Å². The molecule has 160 valence electrons. The summed E-state index contributed by atoms with van der Waals surface area (Å²) in [6, 6.07) is 7.01. The minimum Gasteiger partial charge on any atom is -0.480 e. The van der Waals surface area contributed by atoms with E-state index in [2.05, 4.69) is 9.97 Å². The van der Waals surface area contributed by atoms with Crippen molar-refractivity contribution in [3.8, 4) is 11.3 Å². The highest BCUT2D eigenvalue weighted by Crippen LogP contribution is 2.41. The summed E-state index contributed by atoms with van der Waals surface area (Å²) in [7, 11) is -3.60. The first-order valence-electron chi connectivity index (χ1n) is 8.48. The third-order valence-corrected chi connectivity index (χ3v) is 6.15. The number of nitrogens with two attached hydrogens (primary N) is 1. The van der Waals surface area contributed by atoms with Crippen LogP contribution >= 0.6 is 0 Å². The summed E-state index contributed by atoms with van der Waals surface area (Å²) in [4.78, 5) is 16.8. The average molecular weight is 434 g/mol. The predicted molar refractivity (Wildman–Crippen MR) is 99.4 cm³/mol. The SMILES string of the molecule is N=S(=O)(CC[C@H](N)C(=O)O)CCC(O)(c1ncc(-c2ccccc2)[nH]1)C(F)(F)F. The van der Waals surface area contributed by atoms with Crippen LogP contribution in [-0.4, -0.2) is 54.1 Å². The predicted octanol–water partition coefficient (Wildman–Crippen LogP) is 2.07. The number of carbonyl (C=O) groups is 1. The molecule has 0 aliphatic carbocycles. The Balaban J connectivity index is 2.21. The number of halogens is 3. The van der Waals surface area contributed by atoms with Crippen LogP contribution in [-0.2, 0) is 20.1 Å². The van der Waals surface area contributed by atoms with Crippen molar-refractivity contribution in [2.75, 3.05) is 11.5 Å². The van der Waals surface area contributed by atoms with E-state index in [0.29, 0.717) is 5.56 Å². The molecule has 2 aromatic rings. The molecule has 1 aromatic heterocycles. The monoisotopic (exact) mass is 434 g/mol. The molecule has 29 heavy (non-hydrogen) atoms. The van der Waals surface area contributed by atoms with Crippen molar-refractivity contribution in [2.24, 2.45) is 5.73 Å². The number of aliphatic carboxylic acids is 1. The number of hydrogen-bond acceptors (Lipinski definition) is 6. The molecule has 0 fully saturated rings. The maximum atomic E-state index is 13.6. The molecule has 0 saturated carbocycles. The Kier molecular flexibility index (Phi) is 6.71. The van der Waals surface area contributed by atoms with Gasteiger partial charge in [0.25, 0.3) is 0 Å². The fourth-order valence-corrected chi connectivity index (χ4v) is 4.01. The van der Waals surface area contributed by atoms with Gasteiger partial charge < -0.3 is 20.9 Å². The van der Waals surface area contributed by atoms with Gasteiger partial charge in [0.05, 0.1) is 11.9 Å². The van der Waals surface area contributed by atoms with Crippen molar-refractivity contribution in [2.45, 2.75) is 30.7 Å². The quantitative estimate of drug-likeness (QED) is 0.407. The van der Waals surface area contributed by atoms with Crippen molar-refractivity contribution >= 4 is 15.7 Å². The highest BCUT2D eigenvalue weighted by Gasteiger charge is 2.57. The van der Waals surface area contributed by atoms with Gasteiger partial charge in [0.2, 0.25) is 5.60 Å². The Bertz CT molecular complexity index is 947. The molecule has 3 atom stereocenters. The van der Waals surface area contributed by atoms with Crippen LogP contribution < -0.4 is 5.73 Å². The van der Waals surface area contributed by atoms with Gasteiger partial charge >= 0.3 is 12.1 Å². The van der Waals surface area contributed by atoms with Crippen LogP contribution in [0.15, 0.2) is 36.5 Å². The standard InChI is InChI=1S/C17H21F3N4O4S/c18-17(19,20)16(27,7-9-29(22,28)8-6-12(21)14(25)26)15-23-10-13(24-15)11-4-2-1-3-5-11/h1-5,10,12,22,27H,6-9,21H2,(H,23,24)(H,25,26)/t12-,16?,29?/m0/s1. The number of hydrogen-bond donors (Lipinski definition) is 5. The number of nitrogens with zero attached hydrogens (tertiary/aromatic N) is 1. The molecule has 8 nitrogen and oxygen atoms in total. The summed E-state index contributed by atoms with van der Waals surface area (Å²) >= 11 is 0. The van der Waals surface area contributed by atoms with Gasteiger partial charge in [-0.2, -0.15) is 13.2 Å². The van der Waals surface area contributed by atoms with E-state index in [1.807, 2.05) is 0 Å². The number of carboxylic acid groups (broad SMARTS) is 1. The van der Waals surface area contributed by atoms with Gasteiger partial charge in [-0.15, -0.1) is 0 Å². The number of aliphatic hydroxyl groups is 1. The second-order valence-electron chi connectivity index (χ2n) is 6.57. The number of aromatic nitrogens is 2. The molecule has 0 spiro atoms. The Morgan fingerprint density at radius 2 is 1.90 bits per heavy atom. The number of carboxylic acids is 1. The lowest BCUT2D eigenvalue weighted by atomic mass is 9.99. The smallest absolute Gasteiger partial charge is 0.424 e. The molecular formula is C17H21F3N4O4S. The Labute approximate surface area is 164 Å². The number of aromatic amines is 1. The number of nitrogens with one attached hydrogen (secondary N) is 2. The van der Waals surface area contributed by atoms with E-state index < -0.39 is 57.3 Å². The van der Waals surface area contributed by atoms with Crippen LogP contribution in [0.5, 0.6) is 0 Å². The Morgan fingerprint density at radius 1 is 1.28 bits per heavy atom. The fraction of sp³-hybridized carbons (Fsp3) is 0.412. The summed E-state index contributed by atoms with van der Waals surface area (Å²) in [5, 5.41) is 19.1. The van der Waals surface area contributed by atoms with Crippen molar-refractivity contribution in [3.05, 3.63) is 42.4 Å². The van der Waals surface area contributed by atoms with E-state index >= 15 is 0 Å². The molecule has 0 saturated heterocycles. The topological polar surface area (TPSA) is 153 Å². The van der Waals surface area contributed by atoms with Crippen LogP contribution in [0, 0.1) is 4.78 Å². The molecule has 0 aliphatic rings. The summed E-state index contributed by atoms with van der Waals surface area (Å²) < 4.78 is 60.9. The zero-order valence-corrected chi connectivity index (χ0v) is 16.0. The van der Waals surface area contributed by atoms with Gasteiger partial charge in [-0.05, 0) is 12.0 Å². The Morgan fingerprint density at radius 3 is 2.45 bits per heavy atom. The first-order chi connectivity index (χ1) is 13.4. The van der Waals surface area contributed by atoms with E-state index in [4.69, 9.17) is 15.6 Å². The molecule has 1 heterocycles. The largest absolute Gasteiger partial charge is 0.480 e. The fourth-order valence-electron chi connectivity index (χ4n) is 2.55. The van der Waals surface area contributed by atoms with Gasteiger partial charge in [0, 0.05) is 27.7 Å². The molecule has 0 bridgehead atoms. The van der Waals surface area contributed by atoms with Gasteiger partial charge in [-0.3, -0.25) is 9.57 Å². The highest BCUT2D eigenvalue weighted by atomic mass is 32.2. The van der Waals surface area contributed by atoms with Gasteiger partial charge in [-0.1, -0.05) is 30.3 Å². The minimum absolute atomic E-state index is 0.252. The number of H-pyrrole nitrogens is 1. The van der Waals surface area contributed by atoms with Crippen molar-refractivity contribution < 1.29 is 32.4 Å². The van der Waals surface area contributed by atoms with Crippen molar-refractivity contribution in [3.63, 3.8) is 0 Å². The lowest BCUT2D eigenvalue weighted by molar-refractivity contribution is -0.270. The minimum atomic E-state index is -5.15. The number of imidazole rings is 1. The molecule has 1 aromatic carbocycles. The van der Waals surface area contributed by atoms with E-state index in [-0.39, 0.29) is 12.1 Å². The van der Waals surface area contributed by atoms with Crippen LogP contribution in [0.4, 0.5) is 13.2 Å². The zero-order chi connectivity index (χ0) is 21.9. The lowest BCUT2D eigenvalue weighted by Gasteiger charge is -2.29. The van der Waals surface area contributed by atoms with Gasteiger partial charge in [0.1, 0.15) is 11.9 Å². The van der Waals surface area contributed by atoms with Crippen molar-refractivity contribution in [1.82, 2.24) is 9.97 Å². The molecule has 12 heteroatoms. The summed E-state index contributed by atoms with van der Waals surface area (Å²) in [6.07, 6.45) is -5.42. The summed E-state index contributed by atoms with van der Waals surface area (Å²) in [5.41, 5.74) is 2.64. The van der Waals surface area contributed by atoms with Crippen LogP contribution in [0.2, 0.25) is 0 Å². The van der Waals surface area contributed by atoms with E-state index in [0.717, 1.165) is 6.20 Å². The molecule has 6 N–H and O–H groups in total. The zero-order valence-electron chi connectivity index (χ0n) is 15.1. The maximum Gasteiger partial charge on any atom is 0.424 e. The molecule has 2 unspecified atom stereocenters. The van der Waals surface area contributed by atoms with Crippen LogP contribution in [0.3, 0.4) is 0 Å². The van der Waals surface area contributed by atoms with Crippen molar-refractivity contribution in [1.29, 1.82) is 4.78 Å². The second kappa shape index (κ2) is 8.51. The molecule has 2 rings (SSSR count). The third-order valence-electron chi connectivity index (χ3n) is 4.39. The first kappa shape index (κ1) is 22.8. The van der Waals surface area contributed by atoms with Crippen LogP contribution in [0.25, 0.3) is 11.3 Å². The van der Waals surface area contributed by atoms with E-state index in [1.54, 1.807) is 30.3 Å². The Hall–Kier alpha value is -2.44. The molecular weight excluding hydrogens is 413 g/mol. The number of rotatable bonds is 9. The molecule has 0 radical (unpaired) electrons. The molecule has 0 aliphatic heterocycles. The van der Waals surface area contributed by atoms with E-state index in [9.17, 15) is 27.3 Å². The average Bonchev–Trinajstić information content (AvgIpc) is 3.14. The summed E-state index contributed by atoms with van der Waals surface area (Å²) in [5.74, 6) is -3.45. The molecule has 0 amide bonds. The highest BCUT2D eigenvalue weighted by molar-refractivity contribution is 7.92. The van der Waals surface area contributed by atoms with Gasteiger partial charge in [0.15, 0.2) is 0 Å². The third kappa shape index (κ3) is 5.55.